The molecule has 0 saturated heterocycles. The van der Waals surface area contributed by atoms with Gasteiger partial charge in [-0.05, 0) is 118 Å². The first-order valence-corrected chi connectivity index (χ1v) is 20.4. The van der Waals surface area contributed by atoms with Crippen LogP contribution in [0.1, 0.15) is 31.1 Å². The van der Waals surface area contributed by atoms with Gasteiger partial charge in [-0.3, -0.25) is 0 Å². The second-order valence-electron chi connectivity index (χ2n) is 16.5. The van der Waals surface area contributed by atoms with E-state index in [1.807, 2.05) is 0 Å². The molecule has 3 aliphatic carbocycles. The number of hydrogen-bond donors (Lipinski definition) is 0. The maximum absolute atomic E-state index is 6.65. The number of rotatable bonds is 7. The summed E-state index contributed by atoms with van der Waals surface area (Å²) in [7, 11) is 0. The fourth-order valence-corrected chi connectivity index (χ4v) is 9.74. The molecule has 1 fully saturated rings. The maximum Gasteiger partial charge on any atom is 0.134 e. The Kier molecular flexibility index (Phi) is 8.11. The lowest BCUT2D eigenvalue weighted by Gasteiger charge is -2.30. The van der Waals surface area contributed by atoms with Gasteiger partial charge in [0.25, 0.3) is 0 Å². The van der Waals surface area contributed by atoms with E-state index < -0.39 is 0 Å². The second kappa shape index (κ2) is 13.7. The van der Waals surface area contributed by atoms with Gasteiger partial charge in [0, 0.05) is 45.6 Å². The molecule has 0 amide bonds. The van der Waals surface area contributed by atoms with E-state index in [2.05, 4.69) is 219 Å². The highest BCUT2D eigenvalue weighted by molar-refractivity contribution is 5.81. The molecular formula is C55H43NO2. The van der Waals surface area contributed by atoms with E-state index >= 15 is 0 Å². The highest BCUT2D eigenvalue weighted by atomic mass is 16.5. The molecule has 4 aliphatic rings. The quantitative estimate of drug-likeness (QED) is 0.162. The van der Waals surface area contributed by atoms with Crippen molar-refractivity contribution >= 4 is 22.6 Å². The molecule has 1 aliphatic heterocycles. The molecule has 6 aromatic carbocycles. The Morgan fingerprint density at radius 3 is 1.64 bits per heavy atom. The molecule has 11 rings (SSSR count). The number of hydrogen-bond acceptors (Lipinski definition) is 3. The molecule has 4 unspecified atom stereocenters. The number of fused-ring (bicyclic) bond motifs is 6. The van der Waals surface area contributed by atoms with Gasteiger partial charge in [-0.15, -0.1) is 0 Å². The van der Waals surface area contributed by atoms with Crippen LogP contribution in [0.5, 0.6) is 5.75 Å². The zero-order valence-corrected chi connectivity index (χ0v) is 32.6. The van der Waals surface area contributed by atoms with Crippen LogP contribution in [0.4, 0.5) is 17.1 Å². The van der Waals surface area contributed by atoms with Crippen LogP contribution in [0.2, 0.25) is 0 Å². The highest BCUT2D eigenvalue weighted by Gasteiger charge is 2.51. The molecular weight excluding hydrogens is 707 g/mol. The second-order valence-corrected chi connectivity index (χ2v) is 16.5. The van der Waals surface area contributed by atoms with Crippen molar-refractivity contribution < 1.29 is 9.15 Å². The van der Waals surface area contributed by atoms with Crippen molar-refractivity contribution in [1.82, 2.24) is 0 Å². The van der Waals surface area contributed by atoms with Crippen molar-refractivity contribution in [2.45, 2.75) is 25.9 Å². The fraction of sp³-hybridized carbons (Fsp3) is 0.127. The average Bonchev–Trinajstić information content (AvgIpc) is 3.98. The molecule has 3 heteroatoms. The molecule has 280 valence electrons. The maximum atomic E-state index is 6.65. The summed E-state index contributed by atoms with van der Waals surface area (Å²) < 4.78 is 13.1. The smallest absolute Gasteiger partial charge is 0.134 e. The normalized spacial score (nSPS) is 20.8. The minimum Gasteiger partial charge on any atom is -0.485 e. The Hall–Kier alpha value is -6.84. The summed E-state index contributed by atoms with van der Waals surface area (Å²) in [5.41, 5.74) is 14.4. The van der Waals surface area contributed by atoms with E-state index in [1.54, 1.807) is 0 Å². The number of allylic oxidation sites excluding steroid dienone is 6. The molecule has 58 heavy (non-hydrogen) atoms. The Bertz CT molecular complexity index is 2680. The molecule has 1 saturated carbocycles. The number of ether oxygens (including phenoxy) is 1. The molecule has 7 aromatic rings. The van der Waals surface area contributed by atoms with Gasteiger partial charge in [0.1, 0.15) is 23.4 Å². The van der Waals surface area contributed by atoms with Crippen LogP contribution in [-0.4, -0.2) is 6.10 Å². The monoisotopic (exact) mass is 749 g/mol. The number of furan rings is 1. The van der Waals surface area contributed by atoms with Crippen LogP contribution < -0.4 is 9.64 Å². The highest BCUT2D eigenvalue weighted by Crippen LogP contribution is 2.60. The molecule has 2 heterocycles. The Labute approximate surface area is 340 Å². The first kappa shape index (κ1) is 34.4. The van der Waals surface area contributed by atoms with E-state index in [4.69, 9.17) is 9.15 Å². The number of para-hydroxylation sites is 1. The SMILES string of the molecule is CC1(C)C2=CC3Oc4ccccc4C3C=C2C2C=C(c3ccc(-c4ccc(N(c5ccc(-c6ccccc6)cc5)c5ccc(-c6ccccc6)cc5)cc4)o3)C=CC21. The minimum atomic E-state index is 0.00988. The van der Waals surface area contributed by atoms with Crippen LogP contribution >= 0.6 is 0 Å². The zero-order chi connectivity index (χ0) is 38.8. The predicted molar refractivity (Wildman–Crippen MR) is 237 cm³/mol. The first-order valence-electron chi connectivity index (χ1n) is 20.4. The Balaban J connectivity index is 0.888. The molecule has 0 spiro atoms. The summed E-state index contributed by atoms with van der Waals surface area (Å²) in [4.78, 5) is 2.32. The molecule has 3 nitrogen and oxygen atoms in total. The van der Waals surface area contributed by atoms with Crippen LogP contribution in [0.15, 0.2) is 216 Å². The lowest BCUT2D eigenvalue weighted by molar-refractivity contribution is 0.263. The van der Waals surface area contributed by atoms with Crippen molar-refractivity contribution in [2.75, 3.05) is 4.90 Å². The standard InChI is InChI=1S/C55H43NO2/c1-55(2)49-30-23-41(33-46(49)47-34-48-45-15-9-10-16-53(45)58-54(48)35-50(47)55)52-32-31-51(57-52)40-21-28-44(29-22-40)56(42-24-17-38(18-25-42)36-11-5-3-6-12-36)43-26-19-39(20-27-43)37-13-7-4-8-14-37/h3-35,46,48-49,54H,1-2H3. The lowest BCUT2D eigenvalue weighted by Crippen LogP contribution is -2.24. The summed E-state index contributed by atoms with van der Waals surface area (Å²) >= 11 is 0. The van der Waals surface area contributed by atoms with Gasteiger partial charge in [0.05, 0.1) is 0 Å². The van der Waals surface area contributed by atoms with Crippen LogP contribution in [0, 0.1) is 17.3 Å². The number of anilines is 3. The third-order valence-electron chi connectivity index (χ3n) is 12.8. The van der Waals surface area contributed by atoms with Crippen molar-refractivity contribution in [1.29, 1.82) is 0 Å². The van der Waals surface area contributed by atoms with E-state index in [1.165, 1.54) is 39.0 Å². The summed E-state index contributed by atoms with van der Waals surface area (Å²) in [6, 6.07) is 60.2. The van der Waals surface area contributed by atoms with Crippen molar-refractivity contribution in [3.05, 3.63) is 223 Å². The summed E-state index contributed by atoms with van der Waals surface area (Å²) in [6.07, 6.45) is 12.1. The largest absolute Gasteiger partial charge is 0.485 e. The summed E-state index contributed by atoms with van der Waals surface area (Å²) in [5.74, 6) is 3.69. The van der Waals surface area contributed by atoms with E-state index in [0.29, 0.717) is 5.92 Å². The van der Waals surface area contributed by atoms with Gasteiger partial charge in [0.2, 0.25) is 0 Å². The molecule has 0 N–H and O–H groups in total. The van der Waals surface area contributed by atoms with Gasteiger partial charge in [0.15, 0.2) is 0 Å². The third-order valence-corrected chi connectivity index (χ3v) is 12.8. The zero-order valence-electron chi connectivity index (χ0n) is 32.6. The third kappa shape index (κ3) is 5.80. The van der Waals surface area contributed by atoms with Crippen molar-refractivity contribution in [3.8, 4) is 39.3 Å². The minimum absolute atomic E-state index is 0.00988. The van der Waals surface area contributed by atoms with E-state index in [9.17, 15) is 0 Å². The van der Waals surface area contributed by atoms with E-state index in [0.717, 1.165) is 45.5 Å². The number of benzene rings is 6. The Morgan fingerprint density at radius 2 is 1.02 bits per heavy atom. The van der Waals surface area contributed by atoms with Crippen LogP contribution in [-0.2, 0) is 0 Å². The van der Waals surface area contributed by atoms with Crippen LogP contribution in [0.25, 0.3) is 39.2 Å². The fourth-order valence-electron chi connectivity index (χ4n) is 9.74. The van der Waals surface area contributed by atoms with Gasteiger partial charge >= 0.3 is 0 Å². The van der Waals surface area contributed by atoms with E-state index in [-0.39, 0.29) is 23.4 Å². The molecule has 1 aromatic heterocycles. The van der Waals surface area contributed by atoms with Crippen molar-refractivity contribution in [2.24, 2.45) is 17.3 Å². The Morgan fingerprint density at radius 1 is 0.483 bits per heavy atom. The number of nitrogens with zero attached hydrogens (tertiary/aromatic N) is 1. The van der Waals surface area contributed by atoms with Gasteiger partial charge < -0.3 is 14.1 Å². The first-order chi connectivity index (χ1) is 28.5. The topological polar surface area (TPSA) is 25.6 Å². The van der Waals surface area contributed by atoms with Gasteiger partial charge in [-0.2, -0.15) is 0 Å². The molecule has 4 atom stereocenters. The molecule has 0 radical (unpaired) electrons. The van der Waals surface area contributed by atoms with Crippen LogP contribution in [0.3, 0.4) is 0 Å². The average molecular weight is 750 g/mol. The molecule has 0 bridgehead atoms. The van der Waals surface area contributed by atoms with Gasteiger partial charge in [-0.25, -0.2) is 0 Å². The van der Waals surface area contributed by atoms with Crippen molar-refractivity contribution in [3.63, 3.8) is 0 Å². The predicted octanol–water partition coefficient (Wildman–Crippen LogP) is 14.4. The summed E-state index contributed by atoms with van der Waals surface area (Å²) in [5, 5.41) is 0. The van der Waals surface area contributed by atoms with Gasteiger partial charge in [-0.1, -0.05) is 141 Å². The summed E-state index contributed by atoms with van der Waals surface area (Å²) in [6.45, 7) is 4.77. The lowest BCUT2D eigenvalue weighted by atomic mass is 9.74.